The summed E-state index contributed by atoms with van der Waals surface area (Å²) >= 11 is 0. The standard InChI is InChI=1S/C6H9N5/c1-9-6-4(2-7)5(8)10-3-11-6/h2-3,7H,1H3,(H3,8,9,10,11). The lowest BCUT2D eigenvalue weighted by molar-refractivity contribution is 1.16. The van der Waals surface area contributed by atoms with Crippen molar-refractivity contribution >= 4 is 17.9 Å². The molecule has 0 fully saturated rings. The molecule has 0 bridgehead atoms. The maximum absolute atomic E-state index is 7.00. The maximum Gasteiger partial charge on any atom is 0.140 e. The molecule has 1 aromatic heterocycles. The van der Waals surface area contributed by atoms with Crippen LogP contribution in [0.3, 0.4) is 0 Å². The van der Waals surface area contributed by atoms with Gasteiger partial charge in [-0.2, -0.15) is 0 Å². The predicted molar refractivity (Wildman–Crippen MR) is 43.9 cm³/mol. The molecule has 0 atom stereocenters. The third-order valence-electron chi connectivity index (χ3n) is 1.30. The van der Waals surface area contributed by atoms with Gasteiger partial charge in [0.2, 0.25) is 0 Å². The molecule has 1 rings (SSSR count). The molecule has 0 saturated heterocycles. The Balaban J connectivity index is 3.24. The van der Waals surface area contributed by atoms with Crippen molar-refractivity contribution in [2.75, 3.05) is 18.1 Å². The van der Waals surface area contributed by atoms with E-state index in [0.717, 1.165) is 6.21 Å². The van der Waals surface area contributed by atoms with Crippen molar-refractivity contribution in [3.05, 3.63) is 11.9 Å². The minimum atomic E-state index is 0.319. The number of hydrogen-bond acceptors (Lipinski definition) is 5. The monoisotopic (exact) mass is 151 g/mol. The molecule has 0 aromatic carbocycles. The van der Waals surface area contributed by atoms with E-state index in [4.69, 9.17) is 11.1 Å². The van der Waals surface area contributed by atoms with E-state index in [1.807, 2.05) is 0 Å². The van der Waals surface area contributed by atoms with E-state index in [9.17, 15) is 0 Å². The van der Waals surface area contributed by atoms with Gasteiger partial charge in [0.25, 0.3) is 0 Å². The Morgan fingerprint density at radius 1 is 1.64 bits per heavy atom. The molecule has 0 radical (unpaired) electrons. The highest BCUT2D eigenvalue weighted by atomic mass is 15.0. The summed E-state index contributed by atoms with van der Waals surface area (Å²) in [5.41, 5.74) is 5.99. The zero-order valence-corrected chi connectivity index (χ0v) is 6.13. The first-order valence-corrected chi connectivity index (χ1v) is 3.08. The highest BCUT2D eigenvalue weighted by molar-refractivity contribution is 5.89. The molecule has 58 valence electrons. The van der Waals surface area contributed by atoms with Gasteiger partial charge in [0.15, 0.2) is 0 Å². The molecule has 0 saturated carbocycles. The molecule has 1 heterocycles. The summed E-state index contributed by atoms with van der Waals surface area (Å²) < 4.78 is 0. The van der Waals surface area contributed by atoms with E-state index < -0.39 is 0 Å². The Labute approximate surface area is 64.2 Å². The van der Waals surface area contributed by atoms with Crippen LogP contribution < -0.4 is 11.1 Å². The Bertz CT molecular complexity index is 270. The highest BCUT2D eigenvalue weighted by Gasteiger charge is 2.02. The average molecular weight is 151 g/mol. The van der Waals surface area contributed by atoms with E-state index in [1.54, 1.807) is 7.05 Å². The van der Waals surface area contributed by atoms with Gasteiger partial charge in [-0.05, 0) is 0 Å². The molecule has 0 aliphatic rings. The molecule has 0 spiro atoms. The van der Waals surface area contributed by atoms with E-state index >= 15 is 0 Å². The van der Waals surface area contributed by atoms with Crippen molar-refractivity contribution in [3.63, 3.8) is 0 Å². The van der Waals surface area contributed by atoms with Crippen LogP contribution in [0.1, 0.15) is 5.56 Å². The van der Waals surface area contributed by atoms with Gasteiger partial charge in [-0.1, -0.05) is 0 Å². The molecular weight excluding hydrogens is 142 g/mol. The zero-order chi connectivity index (χ0) is 8.27. The lowest BCUT2D eigenvalue weighted by Crippen LogP contribution is -2.03. The molecule has 5 heteroatoms. The SMILES string of the molecule is CNc1ncnc(N)c1C=N. The summed E-state index contributed by atoms with van der Waals surface area (Å²) in [6, 6.07) is 0. The fraction of sp³-hybridized carbons (Fsp3) is 0.167. The van der Waals surface area contributed by atoms with Crippen LogP contribution in [-0.2, 0) is 0 Å². The minimum Gasteiger partial charge on any atom is -0.383 e. The molecule has 0 unspecified atom stereocenters. The van der Waals surface area contributed by atoms with Crippen molar-refractivity contribution in [2.24, 2.45) is 0 Å². The van der Waals surface area contributed by atoms with Gasteiger partial charge in [-0.15, -0.1) is 0 Å². The molecule has 0 aliphatic heterocycles. The predicted octanol–water partition coefficient (Wildman–Crippen LogP) is 0.0982. The number of nitrogens with one attached hydrogen (secondary N) is 2. The van der Waals surface area contributed by atoms with Gasteiger partial charge in [0.05, 0.1) is 5.56 Å². The number of anilines is 2. The van der Waals surface area contributed by atoms with Crippen molar-refractivity contribution in [1.82, 2.24) is 9.97 Å². The first kappa shape index (κ1) is 7.46. The summed E-state index contributed by atoms with van der Waals surface area (Å²) in [6.07, 6.45) is 2.48. The second-order valence-electron chi connectivity index (χ2n) is 1.92. The molecular formula is C6H9N5. The number of rotatable bonds is 2. The summed E-state index contributed by atoms with van der Waals surface area (Å²) in [6.45, 7) is 0. The summed E-state index contributed by atoms with van der Waals surface area (Å²) in [7, 11) is 1.72. The zero-order valence-electron chi connectivity index (χ0n) is 6.13. The molecule has 1 aromatic rings. The van der Waals surface area contributed by atoms with Crippen LogP contribution >= 0.6 is 0 Å². The Morgan fingerprint density at radius 3 is 2.82 bits per heavy atom. The fourth-order valence-corrected chi connectivity index (χ4v) is 0.751. The third kappa shape index (κ3) is 1.26. The summed E-state index contributed by atoms with van der Waals surface area (Å²) in [4.78, 5) is 7.61. The lowest BCUT2D eigenvalue weighted by atomic mass is 10.3. The molecule has 0 amide bonds. The molecule has 11 heavy (non-hydrogen) atoms. The van der Waals surface area contributed by atoms with Crippen molar-refractivity contribution in [2.45, 2.75) is 0 Å². The van der Waals surface area contributed by atoms with Gasteiger partial charge >= 0.3 is 0 Å². The number of nitrogens with two attached hydrogens (primary N) is 1. The first-order valence-electron chi connectivity index (χ1n) is 3.08. The minimum absolute atomic E-state index is 0.319. The van der Waals surface area contributed by atoms with Crippen LogP contribution in [0.5, 0.6) is 0 Å². The third-order valence-corrected chi connectivity index (χ3v) is 1.30. The van der Waals surface area contributed by atoms with Crippen LogP contribution in [0.25, 0.3) is 0 Å². The van der Waals surface area contributed by atoms with Crippen molar-refractivity contribution in [1.29, 1.82) is 5.41 Å². The van der Waals surface area contributed by atoms with E-state index in [0.29, 0.717) is 17.2 Å². The molecule has 0 aliphatic carbocycles. The van der Waals surface area contributed by atoms with Gasteiger partial charge in [0.1, 0.15) is 18.0 Å². The Kier molecular flexibility index (Phi) is 2.00. The number of nitrogens with zero attached hydrogens (tertiary/aromatic N) is 2. The van der Waals surface area contributed by atoms with Crippen LogP contribution in [0.2, 0.25) is 0 Å². The highest BCUT2D eigenvalue weighted by Crippen LogP contribution is 2.12. The van der Waals surface area contributed by atoms with Crippen molar-refractivity contribution < 1.29 is 0 Å². The van der Waals surface area contributed by atoms with Crippen LogP contribution in [0.4, 0.5) is 11.6 Å². The Morgan fingerprint density at radius 2 is 2.36 bits per heavy atom. The number of aromatic nitrogens is 2. The fourth-order valence-electron chi connectivity index (χ4n) is 0.751. The lowest BCUT2D eigenvalue weighted by Gasteiger charge is -2.03. The second kappa shape index (κ2) is 2.96. The smallest absolute Gasteiger partial charge is 0.140 e. The van der Waals surface area contributed by atoms with Gasteiger partial charge in [-0.25, -0.2) is 9.97 Å². The molecule has 5 nitrogen and oxygen atoms in total. The topological polar surface area (TPSA) is 87.7 Å². The summed E-state index contributed by atoms with van der Waals surface area (Å²) in [5.74, 6) is 0.895. The number of nitrogen functional groups attached to an aromatic ring is 1. The van der Waals surface area contributed by atoms with Crippen LogP contribution in [-0.4, -0.2) is 23.2 Å². The van der Waals surface area contributed by atoms with E-state index in [1.165, 1.54) is 6.33 Å². The van der Waals surface area contributed by atoms with Gasteiger partial charge in [-0.3, -0.25) is 0 Å². The number of hydrogen-bond donors (Lipinski definition) is 3. The van der Waals surface area contributed by atoms with E-state index in [-0.39, 0.29) is 0 Å². The largest absolute Gasteiger partial charge is 0.383 e. The van der Waals surface area contributed by atoms with Crippen LogP contribution in [0, 0.1) is 5.41 Å². The average Bonchev–Trinajstić information content (AvgIpc) is 2.04. The first-order chi connectivity index (χ1) is 5.29. The quantitative estimate of drug-likeness (QED) is 0.523. The molecule has 4 N–H and O–H groups in total. The Hall–Kier alpha value is -1.65. The second-order valence-corrected chi connectivity index (χ2v) is 1.92. The van der Waals surface area contributed by atoms with Gasteiger partial charge in [0, 0.05) is 13.3 Å². The van der Waals surface area contributed by atoms with Gasteiger partial charge < -0.3 is 16.5 Å². The van der Waals surface area contributed by atoms with Crippen molar-refractivity contribution in [3.8, 4) is 0 Å². The van der Waals surface area contributed by atoms with E-state index in [2.05, 4.69) is 15.3 Å². The normalized spacial score (nSPS) is 9.18. The summed E-state index contributed by atoms with van der Waals surface area (Å²) in [5, 5.41) is 9.81. The van der Waals surface area contributed by atoms with Crippen LogP contribution in [0.15, 0.2) is 6.33 Å². The maximum atomic E-state index is 7.00.